The summed E-state index contributed by atoms with van der Waals surface area (Å²) in [7, 11) is 0. The van der Waals surface area contributed by atoms with E-state index in [4.69, 9.17) is 16.3 Å². The van der Waals surface area contributed by atoms with Gasteiger partial charge in [0.1, 0.15) is 11.9 Å². The molecule has 0 bridgehead atoms. The molecule has 2 heterocycles. The molecule has 1 aliphatic heterocycles. The molecule has 2 fully saturated rings. The van der Waals surface area contributed by atoms with Crippen molar-refractivity contribution >= 4 is 23.3 Å². The molecule has 1 N–H and O–H groups in total. The monoisotopic (exact) mass is 296 g/mol. The third-order valence-electron chi connectivity index (χ3n) is 3.54. The lowest BCUT2D eigenvalue weighted by Crippen LogP contribution is -2.54. The van der Waals surface area contributed by atoms with Gasteiger partial charge in [-0.15, -0.1) is 0 Å². The Bertz CT molecular complexity index is 521. The van der Waals surface area contributed by atoms with Gasteiger partial charge >= 0.3 is 0 Å². The number of halogens is 1. The number of nitrogens with one attached hydrogen (secondary N) is 1. The van der Waals surface area contributed by atoms with E-state index in [0.29, 0.717) is 31.6 Å². The zero-order valence-electron chi connectivity index (χ0n) is 11.3. The Morgan fingerprint density at radius 2 is 2.35 bits per heavy atom. The van der Waals surface area contributed by atoms with E-state index in [2.05, 4.69) is 15.3 Å². The molecule has 1 amide bonds. The zero-order chi connectivity index (χ0) is 14.1. The van der Waals surface area contributed by atoms with Crippen LogP contribution in [0.3, 0.4) is 0 Å². The number of nitrogens with zero attached hydrogens (tertiary/aromatic N) is 3. The van der Waals surface area contributed by atoms with Crippen molar-refractivity contribution in [3.8, 4) is 0 Å². The number of carbonyl (C=O) groups is 1. The van der Waals surface area contributed by atoms with Crippen molar-refractivity contribution in [2.75, 3.05) is 24.7 Å². The van der Waals surface area contributed by atoms with Crippen molar-refractivity contribution in [1.29, 1.82) is 0 Å². The van der Waals surface area contributed by atoms with E-state index < -0.39 is 0 Å². The van der Waals surface area contributed by atoms with Crippen LogP contribution in [-0.2, 0) is 9.53 Å². The summed E-state index contributed by atoms with van der Waals surface area (Å²) in [6, 6.07) is -0.0182. The van der Waals surface area contributed by atoms with Gasteiger partial charge in [0.15, 0.2) is 0 Å². The first-order valence-electron chi connectivity index (χ1n) is 6.79. The molecule has 7 heteroatoms. The van der Waals surface area contributed by atoms with Gasteiger partial charge in [0, 0.05) is 24.3 Å². The van der Waals surface area contributed by atoms with Gasteiger partial charge in [-0.05, 0) is 31.4 Å². The van der Waals surface area contributed by atoms with Crippen molar-refractivity contribution in [2.24, 2.45) is 0 Å². The second-order valence-electron chi connectivity index (χ2n) is 5.21. The van der Waals surface area contributed by atoms with Crippen molar-refractivity contribution in [2.45, 2.75) is 31.8 Å². The highest BCUT2D eigenvalue weighted by Gasteiger charge is 2.34. The summed E-state index contributed by atoms with van der Waals surface area (Å²) in [5.74, 6) is 0.714. The molecule has 1 aliphatic carbocycles. The van der Waals surface area contributed by atoms with Crippen LogP contribution in [0.1, 0.15) is 18.4 Å². The molecule has 0 aromatic carbocycles. The first-order chi connectivity index (χ1) is 9.65. The number of amides is 1. The summed E-state index contributed by atoms with van der Waals surface area (Å²) in [5.41, 5.74) is 0.903. The van der Waals surface area contributed by atoms with E-state index in [9.17, 15) is 4.79 Å². The summed E-state index contributed by atoms with van der Waals surface area (Å²) in [6.07, 6.45) is 3.81. The van der Waals surface area contributed by atoms with E-state index in [1.165, 1.54) is 0 Å². The first-order valence-corrected chi connectivity index (χ1v) is 7.17. The molecule has 20 heavy (non-hydrogen) atoms. The number of aromatic nitrogens is 2. The van der Waals surface area contributed by atoms with Gasteiger partial charge in [-0.1, -0.05) is 0 Å². The molecular formula is C13H17ClN4O2. The normalized spacial score (nSPS) is 22.7. The lowest BCUT2D eigenvalue weighted by atomic mass is 10.2. The molecule has 0 radical (unpaired) electrons. The Balaban J connectivity index is 1.83. The highest BCUT2D eigenvalue weighted by Crippen LogP contribution is 2.24. The van der Waals surface area contributed by atoms with Crippen LogP contribution >= 0.6 is 11.6 Å². The average Bonchev–Trinajstić information content (AvgIpc) is 3.25. The quantitative estimate of drug-likeness (QED) is 0.840. The van der Waals surface area contributed by atoms with E-state index in [1.807, 2.05) is 11.8 Å². The minimum absolute atomic E-state index is 0.00124. The fourth-order valence-electron chi connectivity index (χ4n) is 2.30. The number of aryl methyl sites for hydroxylation is 1. The molecule has 0 spiro atoms. The minimum atomic E-state index is -0.353. The smallest absolute Gasteiger partial charge is 0.245 e. The van der Waals surface area contributed by atoms with E-state index in [-0.39, 0.29) is 17.2 Å². The molecular weight excluding hydrogens is 280 g/mol. The Labute approximate surface area is 122 Å². The minimum Gasteiger partial charge on any atom is -0.377 e. The van der Waals surface area contributed by atoms with Crippen molar-refractivity contribution in [3.05, 3.63) is 17.0 Å². The Hall–Kier alpha value is -1.40. The first kappa shape index (κ1) is 13.6. The largest absolute Gasteiger partial charge is 0.377 e. The number of carbonyl (C=O) groups excluding carboxylic acids is 1. The molecule has 6 nitrogen and oxygen atoms in total. The number of hydrogen-bond acceptors (Lipinski definition) is 5. The maximum atomic E-state index is 12.3. The van der Waals surface area contributed by atoms with Crippen LogP contribution in [0, 0.1) is 6.92 Å². The van der Waals surface area contributed by atoms with E-state index in [0.717, 1.165) is 18.4 Å². The van der Waals surface area contributed by atoms with Crippen LogP contribution in [-0.4, -0.2) is 47.7 Å². The van der Waals surface area contributed by atoms with Crippen molar-refractivity contribution < 1.29 is 9.53 Å². The average molecular weight is 297 g/mol. The summed E-state index contributed by atoms with van der Waals surface area (Å²) in [4.78, 5) is 22.5. The number of morpholine rings is 1. The Morgan fingerprint density at radius 1 is 1.55 bits per heavy atom. The van der Waals surface area contributed by atoms with Crippen LogP contribution in [0.2, 0.25) is 5.28 Å². The van der Waals surface area contributed by atoms with Gasteiger partial charge in [0.05, 0.1) is 13.2 Å². The van der Waals surface area contributed by atoms with Crippen LogP contribution in [0.15, 0.2) is 6.20 Å². The third kappa shape index (κ3) is 2.86. The van der Waals surface area contributed by atoms with Gasteiger partial charge in [-0.2, -0.15) is 0 Å². The molecule has 1 atom stereocenters. The molecule has 108 valence electrons. The number of rotatable bonds is 3. The highest BCUT2D eigenvalue weighted by molar-refractivity contribution is 6.28. The van der Waals surface area contributed by atoms with Gasteiger partial charge in [-0.3, -0.25) is 4.79 Å². The number of hydrogen-bond donors (Lipinski definition) is 1. The standard InChI is InChI=1S/C13H17ClN4O2/c1-8-6-15-13(14)17-11(8)18-4-5-20-7-10(18)12(19)16-9-2-3-9/h6,9-10H,2-5,7H2,1H3,(H,16,19). The number of ether oxygens (including phenoxy) is 1. The molecule has 1 unspecified atom stereocenters. The maximum Gasteiger partial charge on any atom is 0.245 e. The Kier molecular flexibility index (Phi) is 3.76. The second kappa shape index (κ2) is 5.54. The van der Waals surface area contributed by atoms with E-state index >= 15 is 0 Å². The zero-order valence-corrected chi connectivity index (χ0v) is 12.1. The van der Waals surface area contributed by atoms with Crippen LogP contribution in [0.5, 0.6) is 0 Å². The van der Waals surface area contributed by atoms with E-state index in [1.54, 1.807) is 6.20 Å². The lowest BCUT2D eigenvalue weighted by Gasteiger charge is -2.36. The van der Waals surface area contributed by atoms with Crippen molar-refractivity contribution in [3.63, 3.8) is 0 Å². The fraction of sp³-hybridized carbons (Fsp3) is 0.615. The van der Waals surface area contributed by atoms with Gasteiger partial charge in [-0.25, -0.2) is 9.97 Å². The molecule has 1 aromatic rings. The molecule has 1 saturated heterocycles. The fourth-order valence-corrected chi connectivity index (χ4v) is 2.43. The maximum absolute atomic E-state index is 12.3. The van der Waals surface area contributed by atoms with Gasteiger partial charge in [0.25, 0.3) is 0 Å². The highest BCUT2D eigenvalue weighted by atomic mass is 35.5. The summed E-state index contributed by atoms with van der Waals surface area (Å²) >= 11 is 5.88. The topological polar surface area (TPSA) is 67.3 Å². The Morgan fingerprint density at radius 3 is 3.10 bits per heavy atom. The van der Waals surface area contributed by atoms with Gasteiger partial charge < -0.3 is 15.0 Å². The SMILES string of the molecule is Cc1cnc(Cl)nc1N1CCOCC1C(=O)NC1CC1. The van der Waals surface area contributed by atoms with Gasteiger partial charge in [0.2, 0.25) is 11.2 Å². The molecule has 1 saturated carbocycles. The summed E-state index contributed by atoms with van der Waals surface area (Å²) in [5, 5.41) is 3.21. The molecule has 2 aliphatic rings. The van der Waals surface area contributed by atoms with Crippen molar-refractivity contribution in [1.82, 2.24) is 15.3 Å². The van der Waals surface area contributed by atoms with Crippen LogP contribution < -0.4 is 10.2 Å². The molecule has 1 aromatic heterocycles. The third-order valence-corrected chi connectivity index (χ3v) is 3.72. The predicted octanol–water partition coefficient (Wildman–Crippen LogP) is 0.922. The van der Waals surface area contributed by atoms with Crippen LogP contribution in [0.25, 0.3) is 0 Å². The summed E-state index contributed by atoms with van der Waals surface area (Å²) < 4.78 is 5.45. The predicted molar refractivity (Wildman–Crippen MR) is 74.9 cm³/mol. The summed E-state index contributed by atoms with van der Waals surface area (Å²) in [6.45, 7) is 3.49. The molecule has 3 rings (SSSR count). The second-order valence-corrected chi connectivity index (χ2v) is 5.55. The van der Waals surface area contributed by atoms with Crippen LogP contribution in [0.4, 0.5) is 5.82 Å². The lowest BCUT2D eigenvalue weighted by molar-refractivity contribution is -0.124. The number of anilines is 1.